The van der Waals surface area contributed by atoms with Crippen molar-refractivity contribution in [1.82, 2.24) is 0 Å². The molecule has 4 rings (SSSR count). The van der Waals surface area contributed by atoms with Gasteiger partial charge in [-0.25, -0.2) is 0 Å². The standard InChI is InChI=1S/C18H20O3/c1-10-4-3-5-12-13-6-7-18(21)9-17(13,8-11(18)2)15(14(10)12)16(19)20/h3-5,13,15,21H,2,6-9H2,1H3,(H,19,20)/t13-,15+,17-,18-/m0/s1. The van der Waals surface area contributed by atoms with Crippen molar-refractivity contribution >= 4 is 5.97 Å². The Hall–Kier alpha value is -1.61. The van der Waals surface area contributed by atoms with E-state index >= 15 is 0 Å². The van der Waals surface area contributed by atoms with Crippen LogP contribution in [0.3, 0.4) is 0 Å². The normalized spacial score (nSPS) is 40.0. The van der Waals surface area contributed by atoms with E-state index in [-0.39, 0.29) is 11.3 Å². The topological polar surface area (TPSA) is 57.5 Å². The van der Waals surface area contributed by atoms with Crippen LogP contribution < -0.4 is 0 Å². The van der Waals surface area contributed by atoms with Crippen molar-refractivity contribution in [3.05, 3.63) is 47.0 Å². The molecule has 2 fully saturated rings. The van der Waals surface area contributed by atoms with Crippen molar-refractivity contribution in [3.63, 3.8) is 0 Å². The molecule has 0 aromatic heterocycles. The van der Waals surface area contributed by atoms with E-state index in [0.29, 0.717) is 19.3 Å². The lowest BCUT2D eigenvalue weighted by Gasteiger charge is -2.41. The second kappa shape index (κ2) is 3.77. The Kier molecular flexibility index (Phi) is 2.35. The number of rotatable bonds is 1. The van der Waals surface area contributed by atoms with Gasteiger partial charge in [0.25, 0.3) is 0 Å². The highest BCUT2D eigenvalue weighted by molar-refractivity contribution is 5.81. The van der Waals surface area contributed by atoms with Crippen molar-refractivity contribution in [3.8, 4) is 0 Å². The summed E-state index contributed by atoms with van der Waals surface area (Å²) in [5.41, 5.74) is 2.87. The van der Waals surface area contributed by atoms with Gasteiger partial charge >= 0.3 is 5.97 Å². The molecule has 3 nitrogen and oxygen atoms in total. The highest BCUT2D eigenvalue weighted by Gasteiger charge is 2.66. The minimum atomic E-state index is -0.847. The van der Waals surface area contributed by atoms with Crippen molar-refractivity contribution in [2.24, 2.45) is 5.41 Å². The maximum atomic E-state index is 12.1. The summed E-state index contributed by atoms with van der Waals surface area (Å²) in [6.07, 6.45) is 2.75. The van der Waals surface area contributed by atoms with Crippen molar-refractivity contribution < 1.29 is 15.0 Å². The van der Waals surface area contributed by atoms with Crippen LogP contribution in [0, 0.1) is 12.3 Å². The van der Waals surface area contributed by atoms with Gasteiger partial charge in [0.15, 0.2) is 0 Å². The molecule has 0 amide bonds. The van der Waals surface area contributed by atoms with Crippen LogP contribution in [-0.4, -0.2) is 21.8 Å². The number of hydrogen-bond acceptors (Lipinski definition) is 2. The molecular weight excluding hydrogens is 264 g/mol. The van der Waals surface area contributed by atoms with Crippen LogP contribution in [0.25, 0.3) is 0 Å². The molecule has 3 heteroatoms. The molecule has 0 saturated heterocycles. The van der Waals surface area contributed by atoms with Crippen LogP contribution in [0.1, 0.15) is 54.2 Å². The molecule has 1 aromatic carbocycles. The quantitative estimate of drug-likeness (QED) is 0.779. The third-order valence-corrected chi connectivity index (χ3v) is 6.21. The summed E-state index contributed by atoms with van der Waals surface area (Å²) < 4.78 is 0. The van der Waals surface area contributed by atoms with Gasteiger partial charge in [-0.05, 0) is 60.8 Å². The second-order valence-corrected chi connectivity index (χ2v) is 7.16. The van der Waals surface area contributed by atoms with Crippen molar-refractivity contribution in [2.75, 3.05) is 0 Å². The molecule has 2 bridgehead atoms. The number of carboxylic acid groups (broad SMARTS) is 1. The molecule has 0 unspecified atom stereocenters. The largest absolute Gasteiger partial charge is 0.481 e. The van der Waals surface area contributed by atoms with Gasteiger partial charge in [0.1, 0.15) is 0 Å². The number of carbonyl (C=O) groups is 1. The Labute approximate surface area is 124 Å². The number of aliphatic carboxylic acids is 1. The number of carboxylic acids is 1. The smallest absolute Gasteiger partial charge is 0.311 e. The second-order valence-electron chi connectivity index (χ2n) is 7.16. The summed E-state index contributed by atoms with van der Waals surface area (Å²) >= 11 is 0. The van der Waals surface area contributed by atoms with Gasteiger partial charge in [0, 0.05) is 5.41 Å². The average Bonchev–Trinajstić information content (AvgIpc) is 2.79. The monoisotopic (exact) mass is 284 g/mol. The van der Waals surface area contributed by atoms with Crippen LogP contribution in [0.15, 0.2) is 30.4 Å². The highest BCUT2D eigenvalue weighted by atomic mass is 16.4. The molecule has 110 valence electrons. The Balaban J connectivity index is 1.98. The predicted octanol–water partition coefficient (Wildman–Crippen LogP) is 3.12. The summed E-state index contributed by atoms with van der Waals surface area (Å²) in [5.74, 6) is -1.02. The first kappa shape index (κ1) is 13.1. The molecule has 2 saturated carbocycles. The number of benzene rings is 1. The fourth-order valence-electron chi connectivity index (χ4n) is 5.40. The number of fused-ring (bicyclic) bond motifs is 3. The van der Waals surface area contributed by atoms with Crippen LogP contribution in [0.5, 0.6) is 0 Å². The lowest BCUT2D eigenvalue weighted by molar-refractivity contribution is -0.143. The highest BCUT2D eigenvalue weighted by Crippen LogP contribution is 2.71. The van der Waals surface area contributed by atoms with Gasteiger partial charge in [0.2, 0.25) is 0 Å². The molecule has 0 aliphatic heterocycles. The van der Waals surface area contributed by atoms with E-state index in [1.165, 1.54) is 5.56 Å². The zero-order valence-electron chi connectivity index (χ0n) is 12.2. The summed E-state index contributed by atoms with van der Waals surface area (Å²) in [6, 6.07) is 6.11. The SMILES string of the molecule is C=C1C[C@]23C[C@@]1(O)CC[C@H]2c1cccc(C)c1[C@@H]3C(=O)O. The van der Waals surface area contributed by atoms with E-state index < -0.39 is 17.5 Å². The molecule has 3 aliphatic rings. The Morgan fingerprint density at radius 3 is 2.90 bits per heavy atom. The van der Waals surface area contributed by atoms with Gasteiger partial charge < -0.3 is 10.2 Å². The molecule has 1 aromatic rings. The van der Waals surface area contributed by atoms with E-state index in [0.717, 1.165) is 23.1 Å². The Morgan fingerprint density at radius 1 is 1.43 bits per heavy atom. The van der Waals surface area contributed by atoms with Crippen LogP contribution in [-0.2, 0) is 4.79 Å². The molecule has 0 radical (unpaired) electrons. The lowest BCUT2D eigenvalue weighted by Crippen LogP contribution is -2.39. The molecule has 3 aliphatic carbocycles. The maximum Gasteiger partial charge on any atom is 0.311 e. The fraction of sp³-hybridized carbons (Fsp3) is 0.500. The van der Waals surface area contributed by atoms with Crippen molar-refractivity contribution in [1.29, 1.82) is 0 Å². The summed E-state index contributed by atoms with van der Waals surface area (Å²) in [4.78, 5) is 12.1. The summed E-state index contributed by atoms with van der Waals surface area (Å²) in [7, 11) is 0. The Morgan fingerprint density at radius 2 is 2.19 bits per heavy atom. The van der Waals surface area contributed by atoms with Crippen LogP contribution >= 0.6 is 0 Å². The predicted molar refractivity (Wildman–Crippen MR) is 79.3 cm³/mol. The fourth-order valence-corrected chi connectivity index (χ4v) is 5.40. The van der Waals surface area contributed by atoms with E-state index in [2.05, 4.69) is 12.6 Å². The lowest BCUT2D eigenvalue weighted by atomic mass is 9.63. The molecule has 21 heavy (non-hydrogen) atoms. The first-order chi connectivity index (χ1) is 9.89. The molecular formula is C18H20O3. The van der Waals surface area contributed by atoms with Crippen LogP contribution in [0.2, 0.25) is 0 Å². The van der Waals surface area contributed by atoms with E-state index in [1.54, 1.807) is 0 Å². The van der Waals surface area contributed by atoms with Crippen LogP contribution in [0.4, 0.5) is 0 Å². The minimum absolute atomic E-state index is 0.244. The third-order valence-electron chi connectivity index (χ3n) is 6.21. The van der Waals surface area contributed by atoms with Crippen molar-refractivity contribution in [2.45, 2.75) is 50.0 Å². The van der Waals surface area contributed by atoms with Gasteiger partial charge in [-0.2, -0.15) is 0 Å². The molecule has 2 N–H and O–H groups in total. The first-order valence-electron chi connectivity index (χ1n) is 7.62. The summed E-state index contributed by atoms with van der Waals surface area (Å²) in [6.45, 7) is 6.06. The van der Waals surface area contributed by atoms with E-state index in [4.69, 9.17) is 0 Å². The first-order valence-corrected chi connectivity index (χ1v) is 7.62. The zero-order valence-corrected chi connectivity index (χ0v) is 12.2. The number of aliphatic hydroxyl groups is 1. The molecule has 1 spiro atoms. The van der Waals surface area contributed by atoms with Gasteiger partial charge in [-0.15, -0.1) is 0 Å². The number of hydrogen-bond donors (Lipinski definition) is 2. The molecule has 4 atom stereocenters. The molecule has 0 heterocycles. The minimum Gasteiger partial charge on any atom is -0.481 e. The average molecular weight is 284 g/mol. The zero-order chi connectivity index (χ0) is 15.0. The van der Waals surface area contributed by atoms with Gasteiger partial charge in [0.05, 0.1) is 11.5 Å². The number of aryl methyl sites for hydroxylation is 1. The van der Waals surface area contributed by atoms with Gasteiger partial charge in [-0.1, -0.05) is 24.8 Å². The van der Waals surface area contributed by atoms with Gasteiger partial charge in [-0.3, -0.25) is 4.79 Å². The Bertz CT molecular complexity index is 677. The van der Waals surface area contributed by atoms with E-state index in [9.17, 15) is 15.0 Å². The third kappa shape index (κ3) is 1.40. The maximum absolute atomic E-state index is 12.1. The van der Waals surface area contributed by atoms with E-state index in [1.807, 2.05) is 19.1 Å². The summed E-state index contributed by atoms with van der Waals surface area (Å²) in [5, 5.41) is 20.7.